The molecule has 112 valence electrons. The number of hydrogen-bond donors (Lipinski definition) is 1. The molecule has 0 spiro atoms. The molecule has 1 aliphatic heterocycles. The number of aryl methyl sites for hydroxylation is 1. The maximum Gasteiger partial charge on any atom is 0.271 e. The molecule has 6 heteroatoms. The van der Waals surface area contributed by atoms with E-state index in [0.717, 1.165) is 15.6 Å². The summed E-state index contributed by atoms with van der Waals surface area (Å²) in [7, 11) is 0. The van der Waals surface area contributed by atoms with E-state index in [4.69, 9.17) is 9.47 Å². The van der Waals surface area contributed by atoms with E-state index in [1.54, 1.807) is 24.4 Å². The second-order valence-electron chi connectivity index (χ2n) is 4.78. The number of nitrogens with one attached hydrogen (secondary N) is 1. The molecule has 0 saturated heterocycles. The van der Waals surface area contributed by atoms with E-state index >= 15 is 0 Å². The number of rotatable bonds is 3. The van der Waals surface area contributed by atoms with E-state index in [9.17, 15) is 4.79 Å². The first-order chi connectivity index (χ1) is 10.6. The number of amides is 1. The molecule has 1 amide bonds. The van der Waals surface area contributed by atoms with Crippen molar-refractivity contribution in [1.82, 2.24) is 5.43 Å². The van der Waals surface area contributed by atoms with Gasteiger partial charge in [-0.3, -0.25) is 4.79 Å². The fourth-order valence-electron chi connectivity index (χ4n) is 1.96. The summed E-state index contributed by atoms with van der Waals surface area (Å²) in [6.45, 7) is 2.19. The van der Waals surface area contributed by atoms with Crippen molar-refractivity contribution < 1.29 is 14.3 Å². The molecule has 2 aromatic rings. The van der Waals surface area contributed by atoms with Crippen molar-refractivity contribution in [2.75, 3.05) is 6.79 Å². The van der Waals surface area contributed by atoms with Crippen LogP contribution in [0.4, 0.5) is 0 Å². The molecule has 22 heavy (non-hydrogen) atoms. The Balaban J connectivity index is 1.66. The maximum absolute atomic E-state index is 12.0. The summed E-state index contributed by atoms with van der Waals surface area (Å²) in [6, 6.07) is 10.8. The Labute approximate surface area is 136 Å². The van der Waals surface area contributed by atoms with Crippen LogP contribution in [0, 0.1) is 6.92 Å². The standard InChI is InChI=1S/C16H13BrN2O3/c1-10-2-3-11(6-13(10)17)8-18-19-16(20)12-4-5-14-15(7-12)22-9-21-14/h2-8H,9H2,1H3,(H,19,20). The number of hydrogen-bond acceptors (Lipinski definition) is 4. The fourth-order valence-corrected chi connectivity index (χ4v) is 2.35. The average molecular weight is 361 g/mol. The molecule has 0 bridgehead atoms. The molecule has 0 unspecified atom stereocenters. The zero-order chi connectivity index (χ0) is 15.5. The smallest absolute Gasteiger partial charge is 0.271 e. The number of carbonyl (C=O) groups is 1. The van der Waals surface area contributed by atoms with Gasteiger partial charge >= 0.3 is 0 Å². The minimum Gasteiger partial charge on any atom is -0.454 e. The number of benzene rings is 2. The zero-order valence-corrected chi connectivity index (χ0v) is 13.4. The summed E-state index contributed by atoms with van der Waals surface area (Å²) in [6.07, 6.45) is 1.59. The molecule has 0 radical (unpaired) electrons. The van der Waals surface area contributed by atoms with Gasteiger partial charge in [-0.15, -0.1) is 0 Å². The Morgan fingerprint density at radius 3 is 2.86 bits per heavy atom. The molecule has 0 aromatic heterocycles. The summed E-state index contributed by atoms with van der Waals surface area (Å²) in [5.41, 5.74) is 4.99. The van der Waals surface area contributed by atoms with Gasteiger partial charge in [0.1, 0.15) is 0 Å². The molecule has 0 saturated carbocycles. The first kappa shape index (κ1) is 14.6. The van der Waals surface area contributed by atoms with Gasteiger partial charge in [0.2, 0.25) is 6.79 Å². The molecular formula is C16H13BrN2O3. The van der Waals surface area contributed by atoms with E-state index in [1.165, 1.54) is 0 Å². The van der Waals surface area contributed by atoms with Crippen molar-refractivity contribution >= 4 is 28.1 Å². The van der Waals surface area contributed by atoms with Crippen molar-refractivity contribution in [2.45, 2.75) is 6.92 Å². The number of halogens is 1. The number of fused-ring (bicyclic) bond motifs is 1. The molecule has 0 aliphatic carbocycles. The van der Waals surface area contributed by atoms with Crippen molar-refractivity contribution in [3.8, 4) is 11.5 Å². The normalized spacial score (nSPS) is 12.6. The lowest BCUT2D eigenvalue weighted by Gasteiger charge is -2.02. The summed E-state index contributed by atoms with van der Waals surface area (Å²) in [5, 5.41) is 3.96. The average Bonchev–Trinajstić information content (AvgIpc) is 2.98. The Bertz CT molecular complexity index is 759. The zero-order valence-electron chi connectivity index (χ0n) is 11.8. The lowest BCUT2D eigenvalue weighted by atomic mass is 10.2. The molecule has 5 nitrogen and oxygen atoms in total. The topological polar surface area (TPSA) is 59.9 Å². The van der Waals surface area contributed by atoms with Crippen molar-refractivity contribution in [1.29, 1.82) is 0 Å². The van der Waals surface area contributed by atoms with Gasteiger partial charge in [0.25, 0.3) is 5.91 Å². The van der Waals surface area contributed by atoms with Gasteiger partial charge in [0.05, 0.1) is 6.21 Å². The first-order valence-electron chi connectivity index (χ1n) is 6.63. The molecule has 3 rings (SSSR count). The Hall–Kier alpha value is -2.34. The van der Waals surface area contributed by atoms with E-state index in [1.807, 2.05) is 25.1 Å². The second kappa shape index (κ2) is 6.19. The number of hydrazone groups is 1. The van der Waals surface area contributed by atoms with Crippen molar-refractivity contribution in [2.24, 2.45) is 5.10 Å². The molecule has 1 aliphatic rings. The minimum absolute atomic E-state index is 0.181. The molecule has 1 heterocycles. The van der Waals surface area contributed by atoms with Gasteiger partial charge in [-0.1, -0.05) is 28.1 Å². The third kappa shape index (κ3) is 3.12. The van der Waals surface area contributed by atoms with Crippen LogP contribution >= 0.6 is 15.9 Å². The van der Waals surface area contributed by atoms with E-state index in [0.29, 0.717) is 17.1 Å². The predicted molar refractivity (Wildman–Crippen MR) is 86.5 cm³/mol. The molecule has 0 fully saturated rings. The Morgan fingerprint density at radius 1 is 1.23 bits per heavy atom. The molecule has 2 aromatic carbocycles. The summed E-state index contributed by atoms with van der Waals surface area (Å²) < 4.78 is 11.4. The van der Waals surface area contributed by atoms with Crippen LogP contribution < -0.4 is 14.9 Å². The van der Waals surface area contributed by atoms with Gasteiger partial charge in [0.15, 0.2) is 11.5 Å². The quantitative estimate of drug-likeness (QED) is 0.675. The van der Waals surface area contributed by atoms with Gasteiger partial charge in [-0.25, -0.2) is 5.43 Å². The van der Waals surface area contributed by atoms with Crippen LogP contribution in [0.1, 0.15) is 21.5 Å². The van der Waals surface area contributed by atoms with E-state index in [-0.39, 0.29) is 12.7 Å². The minimum atomic E-state index is -0.305. The maximum atomic E-state index is 12.0. The van der Waals surface area contributed by atoms with Crippen LogP contribution in [0.2, 0.25) is 0 Å². The van der Waals surface area contributed by atoms with Gasteiger partial charge < -0.3 is 9.47 Å². The summed E-state index contributed by atoms with van der Waals surface area (Å²) in [4.78, 5) is 12.0. The van der Waals surface area contributed by atoms with Crippen molar-refractivity contribution in [3.05, 3.63) is 57.6 Å². The Kier molecular flexibility index (Phi) is 4.11. The van der Waals surface area contributed by atoms with Crippen molar-refractivity contribution in [3.63, 3.8) is 0 Å². The van der Waals surface area contributed by atoms with Crippen LogP contribution in [0.3, 0.4) is 0 Å². The lowest BCUT2D eigenvalue weighted by molar-refractivity contribution is 0.0954. The molecule has 0 atom stereocenters. The SMILES string of the molecule is Cc1ccc(C=NNC(=O)c2ccc3c(c2)OCO3)cc1Br. The third-order valence-corrected chi connectivity index (χ3v) is 4.06. The first-order valence-corrected chi connectivity index (χ1v) is 7.42. The highest BCUT2D eigenvalue weighted by Crippen LogP contribution is 2.32. The third-order valence-electron chi connectivity index (χ3n) is 3.21. The van der Waals surface area contributed by atoms with Gasteiger partial charge in [0, 0.05) is 10.0 Å². The molecular weight excluding hydrogens is 348 g/mol. The highest BCUT2D eigenvalue weighted by atomic mass is 79.9. The van der Waals surface area contributed by atoms with E-state index in [2.05, 4.69) is 26.5 Å². The Morgan fingerprint density at radius 2 is 2.05 bits per heavy atom. The lowest BCUT2D eigenvalue weighted by Crippen LogP contribution is -2.17. The number of carbonyl (C=O) groups excluding carboxylic acids is 1. The number of ether oxygens (including phenoxy) is 2. The van der Waals surface area contributed by atoms with Crippen LogP contribution in [0.15, 0.2) is 46.0 Å². The largest absolute Gasteiger partial charge is 0.454 e. The highest BCUT2D eigenvalue weighted by molar-refractivity contribution is 9.10. The summed E-state index contributed by atoms with van der Waals surface area (Å²) in [5.74, 6) is 0.907. The van der Waals surface area contributed by atoms with Gasteiger partial charge in [-0.2, -0.15) is 5.10 Å². The fraction of sp³-hybridized carbons (Fsp3) is 0.125. The van der Waals surface area contributed by atoms with Crippen LogP contribution in [-0.4, -0.2) is 18.9 Å². The molecule has 1 N–H and O–H groups in total. The summed E-state index contributed by atoms with van der Waals surface area (Å²) >= 11 is 3.46. The monoisotopic (exact) mass is 360 g/mol. The van der Waals surface area contributed by atoms with Gasteiger partial charge in [-0.05, 0) is 42.3 Å². The van der Waals surface area contributed by atoms with E-state index < -0.39 is 0 Å². The highest BCUT2D eigenvalue weighted by Gasteiger charge is 2.15. The van der Waals surface area contributed by atoms with Crippen LogP contribution in [-0.2, 0) is 0 Å². The second-order valence-corrected chi connectivity index (χ2v) is 5.63. The predicted octanol–water partition coefficient (Wildman–Crippen LogP) is 3.25. The van der Waals surface area contributed by atoms with Crippen LogP contribution in [0.5, 0.6) is 11.5 Å². The number of nitrogens with zero attached hydrogens (tertiary/aromatic N) is 1. The van der Waals surface area contributed by atoms with Crippen LogP contribution in [0.25, 0.3) is 0 Å².